The fraction of sp³-hybridized carbons (Fsp3) is 0.276. The summed E-state index contributed by atoms with van der Waals surface area (Å²) in [6, 6.07) is 9.64. The number of carboxylic acids is 2. The van der Waals surface area contributed by atoms with Crippen LogP contribution in [0.25, 0.3) is 21.8 Å². The molecule has 0 aliphatic carbocycles. The summed E-state index contributed by atoms with van der Waals surface area (Å²) in [5.74, 6) is -4.85. The SMILES string of the molecule is CC(NC(=O)C(Cc1c[nH]c2ccccc12)NC(=O)C(N)CC(=O)O)C(=O)NC(Cc1c[nH]c2ccccc12)C(=O)O. The molecule has 2 heterocycles. The average Bonchev–Trinajstić information content (AvgIpc) is 3.55. The van der Waals surface area contributed by atoms with Crippen LogP contribution in [0.15, 0.2) is 60.9 Å². The summed E-state index contributed by atoms with van der Waals surface area (Å²) in [4.78, 5) is 68.1. The lowest BCUT2D eigenvalue weighted by atomic mass is 10.0. The Balaban J connectivity index is 1.46. The van der Waals surface area contributed by atoms with Gasteiger partial charge in [-0.2, -0.15) is 0 Å². The third kappa shape index (κ3) is 7.12. The first kappa shape index (κ1) is 29.8. The quantitative estimate of drug-likeness (QED) is 0.113. The van der Waals surface area contributed by atoms with Gasteiger partial charge in [-0.15, -0.1) is 0 Å². The van der Waals surface area contributed by atoms with Gasteiger partial charge in [-0.3, -0.25) is 19.2 Å². The van der Waals surface area contributed by atoms with Crippen LogP contribution in [0.2, 0.25) is 0 Å². The first-order chi connectivity index (χ1) is 20.0. The predicted molar refractivity (Wildman–Crippen MR) is 153 cm³/mol. The predicted octanol–water partition coefficient (Wildman–Crippen LogP) is 0.795. The highest BCUT2D eigenvalue weighted by molar-refractivity contribution is 5.95. The number of carboxylic acid groups (broad SMARTS) is 2. The lowest BCUT2D eigenvalue weighted by molar-refractivity contribution is -0.142. The summed E-state index contributed by atoms with van der Waals surface area (Å²) in [6.07, 6.45) is 2.75. The average molecular weight is 577 g/mol. The number of hydrogen-bond acceptors (Lipinski definition) is 6. The molecule has 2 aromatic heterocycles. The van der Waals surface area contributed by atoms with Gasteiger partial charge < -0.3 is 41.9 Å². The van der Waals surface area contributed by atoms with E-state index in [1.165, 1.54) is 6.92 Å². The van der Waals surface area contributed by atoms with Gasteiger partial charge in [0, 0.05) is 47.0 Å². The Bertz CT molecular complexity index is 1630. The molecule has 220 valence electrons. The maximum atomic E-state index is 13.3. The van der Waals surface area contributed by atoms with Crippen molar-refractivity contribution in [3.8, 4) is 0 Å². The van der Waals surface area contributed by atoms with Crippen molar-refractivity contribution in [1.82, 2.24) is 25.9 Å². The Morgan fingerprint density at radius 3 is 1.76 bits per heavy atom. The summed E-state index contributed by atoms with van der Waals surface area (Å²) in [7, 11) is 0. The van der Waals surface area contributed by atoms with E-state index in [0.29, 0.717) is 11.1 Å². The van der Waals surface area contributed by atoms with Crippen LogP contribution >= 0.6 is 0 Å². The van der Waals surface area contributed by atoms with Crippen molar-refractivity contribution >= 4 is 51.5 Å². The minimum Gasteiger partial charge on any atom is -0.481 e. The Morgan fingerprint density at radius 2 is 1.24 bits per heavy atom. The highest BCUT2D eigenvalue weighted by Crippen LogP contribution is 2.20. The molecule has 0 saturated heterocycles. The van der Waals surface area contributed by atoms with E-state index in [-0.39, 0.29) is 12.8 Å². The van der Waals surface area contributed by atoms with Crippen LogP contribution in [-0.2, 0) is 36.8 Å². The van der Waals surface area contributed by atoms with Crippen molar-refractivity contribution in [2.75, 3.05) is 0 Å². The second-order valence-corrected chi connectivity index (χ2v) is 10.0. The monoisotopic (exact) mass is 576 g/mol. The molecule has 4 unspecified atom stereocenters. The maximum absolute atomic E-state index is 13.3. The molecule has 2 aromatic carbocycles. The summed E-state index contributed by atoms with van der Waals surface area (Å²) in [6.45, 7) is 1.39. The van der Waals surface area contributed by atoms with Crippen LogP contribution in [-0.4, -0.2) is 74.0 Å². The van der Waals surface area contributed by atoms with Gasteiger partial charge in [-0.05, 0) is 30.2 Å². The zero-order valence-corrected chi connectivity index (χ0v) is 22.7. The number of para-hydroxylation sites is 2. The lowest BCUT2D eigenvalue weighted by Crippen LogP contribution is -2.57. The molecule has 3 amide bonds. The van der Waals surface area contributed by atoms with Gasteiger partial charge in [-0.25, -0.2) is 4.79 Å². The third-order valence-electron chi connectivity index (χ3n) is 6.93. The summed E-state index contributed by atoms with van der Waals surface area (Å²) in [5.41, 5.74) is 8.73. The standard InChI is InChI=1S/C29H32N6O7/c1-15(26(38)35-24(29(41)42)11-17-14-32-22-9-5-3-7-19(17)22)33-28(40)23(34-27(39)20(30)12-25(36)37)10-16-13-31-21-8-4-2-6-18(16)21/h2-9,13-15,20,23-24,31-32H,10-12,30H2,1H3,(H,33,40)(H,34,39)(H,35,38)(H,36,37)(H,41,42). The Hall–Kier alpha value is -5.17. The number of fused-ring (bicyclic) bond motifs is 2. The number of aliphatic carboxylic acids is 2. The third-order valence-corrected chi connectivity index (χ3v) is 6.93. The highest BCUT2D eigenvalue weighted by Gasteiger charge is 2.30. The molecule has 0 aliphatic rings. The zero-order chi connectivity index (χ0) is 30.4. The van der Waals surface area contributed by atoms with Crippen LogP contribution in [0.1, 0.15) is 24.5 Å². The van der Waals surface area contributed by atoms with E-state index in [9.17, 15) is 29.1 Å². The Labute approximate surface area is 239 Å². The number of carbonyl (C=O) groups excluding carboxylic acids is 3. The van der Waals surface area contributed by atoms with Crippen molar-refractivity contribution in [3.05, 3.63) is 72.1 Å². The van der Waals surface area contributed by atoms with Crippen molar-refractivity contribution in [3.63, 3.8) is 0 Å². The highest BCUT2D eigenvalue weighted by atomic mass is 16.4. The molecule has 4 rings (SSSR count). The fourth-order valence-electron chi connectivity index (χ4n) is 4.69. The number of H-pyrrole nitrogens is 2. The van der Waals surface area contributed by atoms with Crippen LogP contribution in [0.3, 0.4) is 0 Å². The number of benzene rings is 2. The normalized spacial score (nSPS) is 14.0. The van der Waals surface area contributed by atoms with Gasteiger partial charge in [0.1, 0.15) is 18.1 Å². The zero-order valence-electron chi connectivity index (χ0n) is 22.7. The topological polar surface area (TPSA) is 219 Å². The van der Waals surface area contributed by atoms with Crippen molar-refractivity contribution in [2.24, 2.45) is 5.73 Å². The van der Waals surface area contributed by atoms with Crippen LogP contribution in [0.4, 0.5) is 0 Å². The molecule has 42 heavy (non-hydrogen) atoms. The molecule has 0 fully saturated rings. The number of aromatic amines is 2. The van der Waals surface area contributed by atoms with Crippen molar-refractivity contribution < 1.29 is 34.2 Å². The number of carbonyl (C=O) groups is 5. The molecular formula is C29H32N6O7. The molecule has 4 aromatic rings. The second-order valence-electron chi connectivity index (χ2n) is 10.0. The second kappa shape index (κ2) is 13.0. The number of aromatic nitrogens is 2. The molecule has 4 atom stereocenters. The first-order valence-corrected chi connectivity index (χ1v) is 13.2. The van der Waals surface area contributed by atoms with Gasteiger partial charge in [0.25, 0.3) is 0 Å². The number of nitrogens with two attached hydrogens (primary N) is 1. The van der Waals surface area contributed by atoms with Gasteiger partial charge in [0.2, 0.25) is 17.7 Å². The van der Waals surface area contributed by atoms with Crippen molar-refractivity contribution in [1.29, 1.82) is 0 Å². The Morgan fingerprint density at radius 1 is 0.738 bits per heavy atom. The molecular weight excluding hydrogens is 544 g/mol. The number of hydrogen-bond donors (Lipinski definition) is 8. The number of amides is 3. The van der Waals surface area contributed by atoms with Gasteiger partial charge in [-0.1, -0.05) is 36.4 Å². The van der Waals surface area contributed by atoms with E-state index >= 15 is 0 Å². The first-order valence-electron chi connectivity index (χ1n) is 13.2. The minimum atomic E-state index is -1.40. The van der Waals surface area contributed by atoms with Gasteiger partial charge in [0.15, 0.2) is 0 Å². The smallest absolute Gasteiger partial charge is 0.326 e. The fourth-order valence-corrected chi connectivity index (χ4v) is 4.69. The number of rotatable bonds is 13. The van der Waals surface area contributed by atoms with E-state index in [0.717, 1.165) is 21.8 Å². The minimum absolute atomic E-state index is 0.00641. The van der Waals surface area contributed by atoms with E-state index in [4.69, 9.17) is 10.8 Å². The van der Waals surface area contributed by atoms with Crippen molar-refractivity contribution in [2.45, 2.75) is 50.4 Å². The summed E-state index contributed by atoms with van der Waals surface area (Å²) >= 11 is 0. The van der Waals surface area contributed by atoms with Gasteiger partial charge >= 0.3 is 11.9 Å². The van der Waals surface area contributed by atoms with Crippen LogP contribution < -0.4 is 21.7 Å². The van der Waals surface area contributed by atoms with Crippen LogP contribution in [0.5, 0.6) is 0 Å². The van der Waals surface area contributed by atoms with E-state index in [1.54, 1.807) is 12.4 Å². The van der Waals surface area contributed by atoms with Crippen LogP contribution in [0, 0.1) is 0 Å². The number of nitrogens with one attached hydrogen (secondary N) is 5. The van der Waals surface area contributed by atoms with E-state index in [1.807, 2.05) is 48.5 Å². The van der Waals surface area contributed by atoms with E-state index < -0.39 is 60.2 Å². The molecule has 0 saturated carbocycles. The molecule has 13 heteroatoms. The Kier molecular flexibility index (Phi) is 9.22. The van der Waals surface area contributed by atoms with Gasteiger partial charge in [0.05, 0.1) is 12.5 Å². The molecule has 0 bridgehead atoms. The maximum Gasteiger partial charge on any atom is 0.326 e. The largest absolute Gasteiger partial charge is 0.481 e. The molecule has 9 N–H and O–H groups in total. The summed E-state index contributed by atoms with van der Waals surface area (Å²) in [5, 5.41) is 27.9. The molecule has 13 nitrogen and oxygen atoms in total. The molecule has 0 radical (unpaired) electrons. The summed E-state index contributed by atoms with van der Waals surface area (Å²) < 4.78 is 0. The van der Waals surface area contributed by atoms with E-state index in [2.05, 4.69) is 25.9 Å². The lowest BCUT2D eigenvalue weighted by Gasteiger charge is -2.23. The molecule has 0 aliphatic heterocycles. The molecule has 0 spiro atoms.